The van der Waals surface area contributed by atoms with Gasteiger partial charge in [0.25, 0.3) is 5.91 Å². The Hall–Kier alpha value is -1.93. The number of carbonyl (C=O) groups is 2. The number of morpholine rings is 1. The third-order valence-corrected chi connectivity index (χ3v) is 6.26. The predicted octanol–water partition coefficient (Wildman–Crippen LogP) is 0.349. The Bertz CT molecular complexity index is 759. The largest absolute Gasteiger partial charge is 0.375 e. The molecule has 0 saturated carbocycles. The summed E-state index contributed by atoms with van der Waals surface area (Å²) in [6.07, 6.45) is 5.43. The highest BCUT2D eigenvalue weighted by molar-refractivity contribution is 5.94. The second-order valence-electron chi connectivity index (χ2n) is 8.57. The molecule has 0 spiro atoms. The van der Waals surface area contributed by atoms with E-state index in [-0.39, 0.29) is 24.0 Å². The van der Waals surface area contributed by atoms with Crippen LogP contribution < -0.4 is 5.32 Å². The quantitative estimate of drug-likeness (QED) is 0.804. The maximum absolute atomic E-state index is 13.0. The van der Waals surface area contributed by atoms with E-state index in [2.05, 4.69) is 15.3 Å². The summed E-state index contributed by atoms with van der Waals surface area (Å²) < 4.78 is 7.67. The van der Waals surface area contributed by atoms with Gasteiger partial charge in [0.1, 0.15) is 5.69 Å². The fourth-order valence-electron chi connectivity index (χ4n) is 4.77. The predicted molar refractivity (Wildman–Crippen MR) is 104 cm³/mol. The summed E-state index contributed by atoms with van der Waals surface area (Å²) in [5.74, 6) is 0.0803. The minimum atomic E-state index is -0.0651. The molecule has 1 N–H and O–H groups in total. The third-order valence-electron chi connectivity index (χ3n) is 6.26. The Labute approximate surface area is 166 Å². The third kappa shape index (κ3) is 3.80. The van der Waals surface area contributed by atoms with Crippen LogP contribution in [0.4, 0.5) is 0 Å². The number of fused-ring (bicyclic) bond motifs is 2. The minimum Gasteiger partial charge on any atom is -0.375 e. The van der Waals surface area contributed by atoms with Gasteiger partial charge in [-0.25, -0.2) is 0 Å². The smallest absolute Gasteiger partial charge is 0.270 e. The van der Waals surface area contributed by atoms with Gasteiger partial charge in [-0.2, -0.15) is 5.10 Å². The number of nitrogens with one attached hydrogen (secondary N) is 1. The van der Waals surface area contributed by atoms with E-state index in [1.807, 2.05) is 7.05 Å². The molecule has 1 aliphatic carbocycles. The van der Waals surface area contributed by atoms with Crippen molar-refractivity contribution in [3.8, 4) is 0 Å². The van der Waals surface area contributed by atoms with Crippen molar-refractivity contribution in [2.45, 2.75) is 56.7 Å². The second-order valence-corrected chi connectivity index (χ2v) is 8.57. The lowest BCUT2D eigenvalue weighted by Crippen LogP contribution is -2.47. The van der Waals surface area contributed by atoms with Crippen molar-refractivity contribution in [2.24, 2.45) is 7.05 Å². The number of hydrogen-bond acceptors (Lipinski definition) is 5. The molecule has 3 heterocycles. The molecule has 1 aromatic rings. The summed E-state index contributed by atoms with van der Waals surface area (Å²) in [5.41, 5.74) is 2.95. The van der Waals surface area contributed by atoms with Gasteiger partial charge in [-0.3, -0.25) is 19.2 Å². The van der Waals surface area contributed by atoms with Crippen LogP contribution in [0.25, 0.3) is 0 Å². The lowest BCUT2D eigenvalue weighted by atomic mass is 9.95. The van der Waals surface area contributed by atoms with E-state index < -0.39 is 0 Å². The first-order valence-electron chi connectivity index (χ1n) is 10.3. The van der Waals surface area contributed by atoms with Gasteiger partial charge in [0.05, 0.1) is 24.8 Å². The first-order chi connectivity index (χ1) is 13.4. The molecule has 2 aliphatic heterocycles. The van der Waals surface area contributed by atoms with E-state index in [9.17, 15) is 9.59 Å². The number of carbonyl (C=O) groups excluding carboxylic acids is 2. The van der Waals surface area contributed by atoms with Crippen LogP contribution in [0.1, 0.15) is 47.4 Å². The first-order valence-corrected chi connectivity index (χ1v) is 10.3. The van der Waals surface area contributed by atoms with Crippen LogP contribution >= 0.6 is 0 Å². The Morgan fingerprint density at radius 2 is 2.04 bits per heavy atom. The fourth-order valence-corrected chi connectivity index (χ4v) is 4.77. The average Bonchev–Trinajstić information content (AvgIpc) is 3.20. The Balaban J connectivity index is 1.36. The van der Waals surface area contributed by atoms with Crippen LogP contribution in [-0.2, 0) is 29.4 Å². The standard InChI is InChI=1S/C20H31N5O3/c1-23(2)18(26)9-15-11-25-10-13(8-14(25)12-28-15)21-20(27)19-16-6-4-5-7-17(16)22-24(19)3/h13-15H,4-12H2,1-3H3,(H,21,27)/t13-,14-,15-/m0/s1. The molecule has 3 atom stereocenters. The Morgan fingerprint density at radius 3 is 2.82 bits per heavy atom. The fraction of sp³-hybridized carbons (Fsp3) is 0.750. The van der Waals surface area contributed by atoms with Gasteiger partial charge in [0.15, 0.2) is 0 Å². The molecule has 28 heavy (non-hydrogen) atoms. The number of nitrogens with zero attached hydrogens (tertiary/aromatic N) is 4. The molecule has 2 amide bonds. The zero-order valence-electron chi connectivity index (χ0n) is 17.1. The number of aryl methyl sites for hydroxylation is 2. The van der Waals surface area contributed by atoms with Crippen LogP contribution in [0.15, 0.2) is 0 Å². The summed E-state index contributed by atoms with van der Waals surface area (Å²) in [7, 11) is 5.41. The molecule has 2 saturated heterocycles. The van der Waals surface area contributed by atoms with Gasteiger partial charge in [-0.15, -0.1) is 0 Å². The molecular weight excluding hydrogens is 358 g/mol. The van der Waals surface area contributed by atoms with Gasteiger partial charge in [0.2, 0.25) is 5.91 Å². The maximum atomic E-state index is 13.0. The van der Waals surface area contributed by atoms with E-state index in [0.29, 0.717) is 19.1 Å². The van der Waals surface area contributed by atoms with E-state index in [1.54, 1.807) is 23.7 Å². The summed E-state index contributed by atoms with van der Waals surface area (Å²) in [6, 6.07) is 0.426. The van der Waals surface area contributed by atoms with Crippen molar-refractivity contribution in [3.63, 3.8) is 0 Å². The van der Waals surface area contributed by atoms with E-state index in [4.69, 9.17) is 4.74 Å². The van der Waals surface area contributed by atoms with Crippen molar-refractivity contribution in [1.29, 1.82) is 0 Å². The molecule has 0 radical (unpaired) electrons. The van der Waals surface area contributed by atoms with Crippen LogP contribution in [0.2, 0.25) is 0 Å². The monoisotopic (exact) mass is 389 g/mol. The Morgan fingerprint density at radius 1 is 1.25 bits per heavy atom. The summed E-state index contributed by atoms with van der Waals surface area (Å²) in [4.78, 5) is 28.9. The van der Waals surface area contributed by atoms with Crippen molar-refractivity contribution in [1.82, 2.24) is 24.9 Å². The van der Waals surface area contributed by atoms with Gasteiger partial charge >= 0.3 is 0 Å². The highest BCUT2D eigenvalue weighted by Gasteiger charge is 2.39. The Kier molecular flexibility index (Phi) is 5.42. The topological polar surface area (TPSA) is 79.7 Å². The molecule has 0 bridgehead atoms. The van der Waals surface area contributed by atoms with Crippen LogP contribution in [0.3, 0.4) is 0 Å². The average molecular weight is 390 g/mol. The van der Waals surface area contributed by atoms with E-state index in [0.717, 1.165) is 62.1 Å². The molecular formula is C20H31N5O3. The van der Waals surface area contributed by atoms with Gasteiger partial charge in [0, 0.05) is 51.9 Å². The van der Waals surface area contributed by atoms with Gasteiger partial charge < -0.3 is 15.0 Å². The van der Waals surface area contributed by atoms with Crippen molar-refractivity contribution in [2.75, 3.05) is 33.8 Å². The molecule has 8 nitrogen and oxygen atoms in total. The SMILES string of the molecule is CN(C)C(=O)C[C@H]1CN2C[C@@H](NC(=O)c3c4c(nn3C)CCCC4)C[C@H]2CO1. The molecule has 0 unspecified atom stereocenters. The minimum absolute atomic E-state index is 0.0109. The van der Waals surface area contributed by atoms with Crippen molar-refractivity contribution < 1.29 is 14.3 Å². The maximum Gasteiger partial charge on any atom is 0.270 e. The van der Waals surface area contributed by atoms with Crippen LogP contribution in [-0.4, -0.2) is 83.4 Å². The van der Waals surface area contributed by atoms with Crippen molar-refractivity contribution >= 4 is 11.8 Å². The zero-order valence-corrected chi connectivity index (χ0v) is 17.1. The number of amides is 2. The molecule has 3 aliphatic rings. The van der Waals surface area contributed by atoms with E-state index in [1.165, 1.54) is 0 Å². The van der Waals surface area contributed by atoms with Gasteiger partial charge in [-0.05, 0) is 32.1 Å². The van der Waals surface area contributed by atoms with Crippen LogP contribution in [0.5, 0.6) is 0 Å². The number of rotatable bonds is 4. The van der Waals surface area contributed by atoms with Gasteiger partial charge in [-0.1, -0.05) is 0 Å². The number of aromatic nitrogens is 2. The number of ether oxygens (including phenoxy) is 1. The lowest BCUT2D eigenvalue weighted by molar-refractivity contribution is -0.134. The number of hydrogen-bond donors (Lipinski definition) is 1. The first kappa shape index (κ1) is 19.4. The second kappa shape index (κ2) is 7.83. The molecule has 0 aromatic carbocycles. The molecule has 1 aromatic heterocycles. The summed E-state index contributed by atoms with van der Waals surface area (Å²) >= 11 is 0. The molecule has 8 heteroatoms. The summed E-state index contributed by atoms with van der Waals surface area (Å²) in [6.45, 7) is 2.18. The zero-order chi connectivity index (χ0) is 19.8. The molecule has 4 rings (SSSR count). The summed E-state index contributed by atoms with van der Waals surface area (Å²) in [5, 5.41) is 7.79. The highest BCUT2D eigenvalue weighted by atomic mass is 16.5. The lowest BCUT2D eigenvalue weighted by Gasteiger charge is -2.35. The van der Waals surface area contributed by atoms with E-state index >= 15 is 0 Å². The van der Waals surface area contributed by atoms with Crippen molar-refractivity contribution in [3.05, 3.63) is 17.0 Å². The highest BCUT2D eigenvalue weighted by Crippen LogP contribution is 2.26. The molecule has 154 valence electrons. The molecule has 2 fully saturated rings. The normalized spacial score (nSPS) is 27.2. The van der Waals surface area contributed by atoms with Crippen LogP contribution in [0, 0.1) is 0 Å².